The molecule has 0 saturated heterocycles. The zero-order valence-corrected chi connectivity index (χ0v) is 42.2. The van der Waals surface area contributed by atoms with Gasteiger partial charge >= 0.3 is 5.97 Å². The van der Waals surface area contributed by atoms with Gasteiger partial charge in [-0.1, -0.05) is 341 Å². The Morgan fingerprint density at radius 1 is 0.217 bits per heavy atom. The Morgan fingerprint density at radius 3 is 0.550 bits per heavy atom. The van der Waals surface area contributed by atoms with Crippen molar-refractivity contribution in [1.82, 2.24) is 0 Å². The van der Waals surface area contributed by atoms with Crippen molar-refractivity contribution in [2.45, 2.75) is 361 Å². The molecule has 0 heterocycles. The summed E-state index contributed by atoms with van der Waals surface area (Å²) in [5.41, 5.74) is 0. The van der Waals surface area contributed by atoms with E-state index in [1.807, 2.05) is 0 Å². The van der Waals surface area contributed by atoms with Gasteiger partial charge in [-0.3, -0.25) is 4.79 Å². The van der Waals surface area contributed by atoms with Crippen molar-refractivity contribution in [2.75, 3.05) is 6.61 Å². The van der Waals surface area contributed by atoms with E-state index in [2.05, 4.69) is 13.8 Å². The van der Waals surface area contributed by atoms with E-state index in [9.17, 15) is 4.79 Å². The van der Waals surface area contributed by atoms with Crippen LogP contribution < -0.4 is 0 Å². The average Bonchev–Trinajstić information content (AvgIpc) is 3.25. The van der Waals surface area contributed by atoms with E-state index in [4.69, 9.17) is 4.74 Å². The first-order chi connectivity index (χ1) is 29.8. The van der Waals surface area contributed by atoms with E-state index in [1.54, 1.807) is 0 Å². The van der Waals surface area contributed by atoms with Crippen molar-refractivity contribution in [3.63, 3.8) is 0 Å². The molecule has 0 spiro atoms. The van der Waals surface area contributed by atoms with Crippen molar-refractivity contribution in [1.29, 1.82) is 0 Å². The lowest BCUT2D eigenvalue weighted by atomic mass is 10.0. The molecule has 2 nitrogen and oxygen atoms in total. The van der Waals surface area contributed by atoms with Crippen LogP contribution in [0.1, 0.15) is 361 Å². The van der Waals surface area contributed by atoms with Crippen LogP contribution in [0.25, 0.3) is 0 Å². The lowest BCUT2D eigenvalue weighted by molar-refractivity contribution is -0.143. The van der Waals surface area contributed by atoms with E-state index >= 15 is 0 Å². The minimum Gasteiger partial charge on any atom is -0.466 e. The van der Waals surface area contributed by atoms with Crippen molar-refractivity contribution in [2.24, 2.45) is 0 Å². The Morgan fingerprint density at radius 2 is 0.367 bits per heavy atom. The molecule has 0 aromatic carbocycles. The number of carbonyl (C=O) groups excluding carboxylic acids is 1. The molecule has 0 aliphatic heterocycles. The van der Waals surface area contributed by atoms with E-state index in [0.29, 0.717) is 13.0 Å². The number of hydrogen-bond donors (Lipinski definition) is 0. The molecule has 0 aliphatic rings. The fourth-order valence-corrected chi connectivity index (χ4v) is 9.44. The molecule has 2 heteroatoms. The third-order valence-corrected chi connectivity index (χ3v) is 13.7. The molecule has 0 bridgehead atoms. The van der Waals surface area contributed by atoms with Gasteiger partial charge in [-0.25, -0.2) is 0 Å². The summed E-state index contributed by atoms with van der Waals surface area (Å²) in [6.45, 7) is 5.25. The maximum absolute atomic E-state index is 12.1. The van der Waals surface area contributed by atoms with Crippen LogP contribution in [0.4, 0.5) is 0 Å². The predicted octanol–water partition coefficient (Wildman–Crippen LogP) is 21.6. The van der Waals surface area contributed by atoms with Crippen molar-refractivity contribution < 1.29 is 9.53 Å². The Hall–Kier alpha value is -0.530. The Labute approximate surface area is 381 Å². The molecule has 0 N–H and O–H groups in total. The van der Waals surface area contributed by atoms with Gasteiger partial charge in [0.05, 0.1) is 6.61 Å². The van der Waals surface area contributed by atoms with Gasteiger partial charge in [-0.05, 0) is 12.8 Å². The van der Waals surface area contributed by atoms with Crippen LogP contribution in [0.2, 0.25) is 0 Å². The minimum atomic E-state index is 0.0362. The summed E-state index contributed by atoms with van der Waals surface area (Å²) in [6.07, 6.45) is 75.8. The van der Waals surface area contributed by atoms with Gasteiger partial charge in [0.2, 0.25) is 0 Å². The van der Waals surface area contributed by atoms with Crippen LogP contribution in [0.15, 0.2) is 0 Å². The lowest BCUT2D eigenvalue weighted by Gasteiger charge is -2.06. The number of ether oxygens (including phenoxy) is 1. The van der Waals surface area contributed by atoms with Gasteiger partial charge in [-0.2, -0.15) is 0 Å². The summed E-state index contributed by atoms with van der Waals surface area (Å²) in [6, 6.07) is 0. The Kier molecular flexibility index (Phi) is 56.0. The number of hydrogen-bond acceptors (Lipinski definition) is 2. The molecule has 60 heavy (non-hydrogen) atoms. The maximum Gasteiger partial charge on any atom is 0.305 e. The first-order valence-corrected chi connectivity index (χ1v) is 29.0. The first-order valence-electron chi connectivity index (χ1n) is 29.0. The number of unbranched alkanes of at least 4 members (excludes halogenated alkanes) is 51. The largest absolute Gasteiger partial charge is 0.466 e. The number of carbonyl (C=O) groups is 1. The molecule has 0 aromatic heterocycles. The fourth-order valence-electron chi connectivity index (χ4n) is 9.44. The second kappa shape index (κ2) is 56.5. The molecule has 0 amide bonds. The van der Waals surface area contributed by atoms with Crippen molar-refractivity contribution in [3.05, 3.63) is 0 Å². The van der Waals surface area contributed by atoms with Gasteiger partial charge in [-0.15, -0.1) is 0 Å². The zero-order valence-electron chi connectivity index (χ0n) is 42.2. The van der Waals surface area contributed by atoms with E-state index in [-0.39, 0.29) is 5.97 Å². The van der Waals surface area contributed by atoms with Gasteiger partial charge < -0.3 is 4.74 Å². The smallest absolute Gasteiger partial charge is 0.305 e. The van der Waals surface area contributed by atoms with Crippen LogP contribution in [0.5, 0.6) is 0 Å². The molecular formula is C58H116O2. The summed E-state index contributed by atoms with van der Waals surface area (Å²) < 4.78 is 5.52. The minimum absolute atomic E-state index is 0.0362. The summed E-state index contributed by atoms with van der Waals surface area (Å²) in [5.74, 6) is 0.0362. The van der Waals surface area contributed by atoms with E-state index in [1.165, 1.54) is 327 Å². The molecule has 0 radical (unpaired) electrons. The molecule has 0 aliphatic carbocycles. The molecule has 0 atom stereocenters. The summed E-state index contributed by atoms with van der Waals surface area (Å²) >= 11 is 0. The summed E-state index contributed by atoms with van der Waals surface area (Å²) in [4.78, 5) is 12.1. The first kappa shape index (κ1) is 59.5. The van der Waals surface area contributed by atoms with Crippen LogP contribution in [-0.4, -0.2) is 12.6 Å². The third kappa shape index (κ3) is 55.5. The van der Waals surface area contributed by atoms with Crippen molar-refractivity contribution >= 4 is 5.97 Å². The third-order valence-electron chi connectivity index (χ3n) is 13.7. The summed E-state index contributed by atoms with van der Waals surface area (Å²) in [7, 11) is 0. The fraction of sp³-hybridized carbons (Fsp3) is 0.983. The van der Waals surface area contributed by atoms with Crippen molar-refractivity contribution in [3.8, 4) is 0 Å². The molecular weight excluding hydrogens is 729 g/mol. The Balaban J connectivity index is 3.14. The highest BCUT2D eigenvalue weighted by Crippen LogP contribution is 2.18. The Bertz CT molecular complexity index is 747. The van der Waals surface area contributed by atoms with Crippen LogP contribution >= 0.6 is 0 Å². The summed E-state index contributed by atoms with van der Waals surface area (Å²) in [5, 5.41) is 0. The molecule has 360 valence electrons. The second-order valence-electron chi connectivity index (χ2n) is 20.0. The molecule has 0 rings (SSSR count). The molecule has 0 unspecified atom stereocenters. The highest BCUT2D eigenvalue weighted by molar-refractivity contribution is 5.69. The van der Waals surface area contributed by atoms with E-state index in [0.717, 1.165) is 12.8 Å². The normalized spacial score (nSPS) is 11.6. The highest BCUT2D eigenvalue weighted by Gasteiger charge is 2.03. The monoisotopic (exact) mass is 845 g/mol. The second-order valence-corrected chi connectivity index (χ2v) is 20.0. The van der Waals surface area contributed by atoms with Crippen LogP contribution in [0, 0.1) is 0 Å². The predicted molar refractivity (Wildman–Crippen MR) is 272 cm³/mol. The zero-order chi connectivity index (χ0) is 43.2. The standard InChI is InChI=1S/C58H116O2/c1-3-5-7-9-11-13-15-17-19-21-23-25-27-29-30-31-33-35-37-39-41-43-45-47-49-51-53-55-57-60-58(59)56-54-52-50-48-46-44-42-40-38-36-34-32-28-26-24-22-20-18-16-14-12-10-8-6-4-2/h3-57H2,1-2H3. The lowest BCUT2D eigenvalue weighted by Crippen LogP contribution is -2.05. The molecule has 0 saturated carbocycles. The average molecular weight is 846 g/mol. The van der Waals surface area contributed by atoms with Gasteiger partial charge in [0.15, 0.2) is 0 Å². The topological polar surface area (TPSA) is 26.3 Å². The highest BCUT2D eigenvalue weighted by atomic mass is 16.5. The SMILES string of the molecule is CCCCCCCCCCCCCCCCCCCCCCCCCCCCCCOC(=O)CCCCCCCCCCCCCCCCCCCCCCCCCCC. The molecule has 0 aromatic rings. The number of rotatable bonds is 55. The molecule has 0 fully saturated rings. The quantitative estimate of drug-likeness (QED) is 0.0450. The van der Waals surface area contributed by atoms with E-state index < -0.39 is 0 Å². The van der Waals surface area contributed by atoms with Gasteiger partial charge in [0, 0.05) is 6.42 Å². The maximum atomic E-state index is 12.1. The van der Waals surface area contributed by atoms with Gasteiger partial charge in [0.1, 0.15) is 0 Å². The van der Waals surface area contributed by atoms with Crippen LogP contribution in [-0.2, 0) is 9.53 Å². The van der Waals surface area contributed by atoms with Gasteiger partial charge in [0.25, 0.3) is 0 Å². The van der Waals surface area contributed by atoms with Crippen LogP contribution in [0.3, 0.4) is 0 Å². The number of esters is 1.